The Morgan fingerprint density at radius 2 is 1.43 bits per heavy atom. The highest BCUT2D eigenvalue weighted by Gasteiger charge is 2.27. The van der Waals surface area contributed by atoms with Crippen LogP contribution in [0.25, 0.3) is 21.8 Å². The number of carbonyl (C=O) groups excluding carboxylic acids is 3. The number of H-pyrrole nitrogens is 2. The van der Waals surface area contributed by atoms with Crippen LogP contribution in [0.4, 0.5) is 0 Å². The lowest BCUT2D eigenvalue weighted by molar-refractivity contribution is -0.138. The molecule has 10 nitrogen and oxygen atoms in total. The van der Waals surface area contributed by atoms with Crippen LogP contribution in [0.2, 0.25) is 0 Å². The lowest BCUT2D eigenvalue weighted by Gasteiger charge is -2.22. The molecule has 0 radical (unpaired) electrons. The Kier molecular flexibility index (Phi) is 7.99. The van der Waals surface area contributed by atoms with Crippen molar-refractivity contribution in [1.82, 2.24) is 20.6 Å². The molecule has 192 valence electrons. The molecule has 0 saturated carbocycles. The van der Waals surface area contributed by atoms with Gasteiger partial charge in [-0.15, -0.1) is 0 Å². The first-order valence-corrected chi connectivity index (χ1v) is 12.0. The summed E-state index contributed by atoms with van der Waals surface area (Å²) in [6.07, 6.45) is 4.15. The number of carboxylic acids is 1. The van der Waals surface area contributed by atoms with E-state index in [1.807, 2.05) is 48.5 Å². The van der Waals surface area contributed by atoms with E-state index in [0.717, 1.165) is 32.9 Å². The molecule has 0 aliphatic carbocycles. The number of hydrogen-bond acceptors (Lipinski definition) is 5. The molecule has 2 aromatic heterocycles. The molecule has 3 atom stereocenters. The van der Waals surface area contributed by atoms with Gasteiger partial charge in [-0.05, 0) is 36.1 Å². The second-order valence-corrected chi connectivity index (χ2v) is 8.98. The maximum absolute atomic E-state index is 13.0. The highest BCUT2D eigenvalue weighted by Crippen LogP contribution is 2.20. The lowest BCUT2D eigenvalue weighted by atomic mass is 10.0. The molecule has 0 bridgehead atoms. The summed E-state index contributed by atoms with van der Waals surface area (Å²) in [6, 6.07) is 12.2. The Morgan fingerprint density at radius 3 is 2.00 bits per heavy atom. The topological polar surface area (TPSA) is 170 Å². The molecule has 2 aromatic carbocycles. The van der Waals surface area contributed by atoms with Crippen molar-refractivity contribution in [1.29, 1.82) is 0 Å². The van der Waals surface area contributed by atoms with Gasteiger partial charge in [0, 0.05) is 47.0 Å². The summed E-state index contributed by atoms with van der Waals surface area (Å²) in [5.41, 5.74) is 9.66. The van der Waals surface area contributed by atoms with Crippen molar-refractivity contribution >= 4 is 45.9 Å². The van der Waals surface area contributed by atoms with Gasteiger partial charge < -0.3 is 36.2 Å². The van der Waals surface area contributed by atoms with Crippen LogP contribution < -0.4 is 16.4 Å². The van der Waals surface area contributed by atoms with E-state index < -0.39 is 35.9 Å². The summed E-state index contributed by atoms with van der Waals surface area (Å²) in [5, 5.41) is 16.2. The fourth-order valence-electron chi connectivity index (χ4n) is 4.40. The normalized spacial score (nSPS) is 13.6. The zero-order chi connectivity index (χ0) is 26.4. The van der Waals surface area contributed by atoms with Crippen molar-refractivity contribution in [3.8, 4) is 0 Å². The third-order valence-electron chi connectivity index (χ3n) is 6.34. The van der Waals surface area contributed by atoms with Gasteiger partial charge in [-0.25, -0.2) is 0 Å². The minimum atomic E-state index is -1.16. The largest absolute Gasteiger partial charge is 0.481 e. The monoisotopic (exact) mass is 503 g/mol. The van der Waals surface area contributed by atoms with Gasteiger partial charge >= 0.3 is 5.97 Å². The maximum Gasteiger partial charge on any atom is 0.303 e. The molecule has 0 aliphatic heterocycles. The minimum Gasteiger partial charge on any atom is -0.481 e. The standard InChI is InChI=1S/C27H29N5O5/c28-21(12-17-14-30-23-8-4-2-6-20(17)23)26(36)32-24(9-10-25(34)35)27(37)31-18(15-33)11-16-13-29-22-7-3-1-5-19(16)22/h1-8,13-15,18,21,24,29-30H,9-12,28H2,(H,31,37)(H,32,36)(H,34,35)/t18-,21-,24-/m0/s1. The number of aldehydes is 1. The molecule has 7 N–H and O–H groups in total. The Hall–Kier alpha value is -4.44. The van der Waals surface area contributed by atoms with Gasteiger partial charge in [0.1, 0.15) is 12.3 Å². The Morgan fingerprint density at radius 1 is 0.865 bits per heavy atom. The predicted molar refractivity (Wildman–Crippen MR) is 139 cm³/mol. The van der Waals surface area contributed by atoms with E-state index in [-0.39, 0.29) is 25.7 Å². The number of nitrogens with two attached hydrogens (primary N) is 1. The number of hydrogen-bond donors (Lipinski definition) is 6. The molecule has 0 saturated heterocycles. The first-order chi connectivity index (χ1) is 17.9. The number of nitrogens with one attached hydrogen (secondary N) is 4. The van der Waals surface area contributed by atoms with Crippen LogP contribution in [0.5, 0.6) is 0 Å². The number of amides is 2. The van der Waals surface area contributed by atoms with Crippen molar-refractivity contribution in [3.05, 3.63) is 72.1 Å². The number of aromatic nitrogens is 2. The Labute approximate surface area is 212 Å². The van der Waals surface area contributed by atoms with Crippen molar-refractivity contribution in [2.24, 2.45) is 5.73 Å². The van der Waals surface area contributed by atoms with Crippen LogP contribution in [-0.4, -0.2) is 57.3 Å². The van der Waals surface area contributed by atoms with E-state index in [9.17, 15) is 19.2 Å². The molecular formula is C27H29N5O5. The summed E-state index contributed by atoms with van der Waals surface area (Å²) in [5.74, 6) is -2.35. The van der Waals surface area contributed by atoms with Crippen LogP contribution in [0.1, 0.15) is 24.0 Å². The van der Waals surface area contributed by atoms with Crippen LogP contribution in [0, 0.1) is 0 Å². The average Bonchev–Trinajstić information content (AvgIpc) is 3.50. The quantitative estimate of drug-likeness (QED) is 0.161. The third kappa shape index (κ3) is 6.22. The number of rotatable bonds is 12. The van der Waals surface area contributed by atoms with Gasteiger partial charge in [0.15, 0.2) is 0 Å². The summed E-state index contributed by atoms with van der Waals surface area (Å²) in [6.45, 7) is 0. The minimum absolute atomic E-state index is 0.147. The fourth-order valence-corrected chi connectivity index (χ4v) is 4.40. The molecule has 0 fully saturated rings. The number of aromatic amines is 2. The van der Waals surface area contributed by atoms with Crippen molar-refractivity contribution in [2.75, 3.05) is 0 Å². The average molecular weight is 504 g/mol. The highest BCUT2D eigenvalue weighted by molar-refractivity contribution is 5.92. The SMILES string of the molecule is N[C@@H](Cc1c[nH]c2ccccc12)C(=O)N[C@@H](CCC(=O)O)C(=O)N[C@H](C=O)Cc1c[nH]c2ccccc12. The van der Waals surface area contributed by atoms with Crippen molar-refractivity contribution < 1.29 is 24.3 Å². The van der Waals surface area contributed by atoms with Gasteiger partial charge in [0.2, 0.25) is 11.8 Å². The van der Waals surface area contributed by atoms with Crippen molar-refractivity contribution in [2.45, 2.75) is 43.8 Å². The van der Waals surface area contributed by atoms with Crippen LogP contribution in [0.3, 0.4) is 0 Å². The van der Waals surface area contributed by atoms with E-state index in [0.29, 0.717) is 6.29 Å². The fraction of sp³-hybridized carbons (Fsp3) is 0.259. The van der Waals surface area contributed by atoms with Gasteiger partial charge in [0.05, 0.1) is 12.1 Å². The number of para-hydroxylation sites is 2. The molecule has 0 aliphatic rings. The first-order valence-electron chi connectivity index (χ1n) is 12.0. The molecule has 0 unspecified atom stereocenters. The van der Waals surface area contributed by atoms with Gasteiger partial charge in [-0.2, -0.15) is 0 Å². The Balaban J connectivity index is 1.42. The van der Waals surface area contributed by atoms with Gasteiger partial charge in [0.25, 0.3) is 0 Å². The molecule has 10 heteroatoms. The molecule has 2 heterocycles. The molecule has 0 spiro atoms. The second-order valence-electron chi connectivity index (χ2n) is 8.98. The van der Waals surface area contributed by atoms with E-state index >= 15 is 0 Å². The van der Waals surface area contributed by atoms with Gasteiger partial charge in [-0.3, -0.25) is 14.4 Å². The lowest BCUT2D eigenvalue weighted by Crippen LogP contribution is -2.54. The predicted octanol–water partition coefficient (Wildman–Crippen LogP) is 1.80. The summed E-state index contributed by atoms with van der Waals surface area (Å²) < 4.78 is 0. The molecule has 4 rings (SSSR count). The highest BCUT2D eigenvalue weighted by atomic mass is 16.4. The molecule has 4 aromatic rings. The van der Waals surface area contributed by atoms with Crippen LogP contribution in [0.15, 0.2) is 60.9 Å². The first kappa shape index (κ1) is 25.6. The molecular weight excluding hydrogens is 474 g/mol. The number of carbonyl (C=O) groups is 4. The van der Waals surface area contributed by atoms with Gasteiger partial charge in [-0.1, -0.05) is 36.4 Å². The zero-order valence-electron chi connectivity index (χ0n) is 20.1. The van der Waals surface area contributed by atoms with Crippen LogP contribution in [-0.2, 0) is 32.0 Å². The van der Waals surface area contributed by atoms with Crippen molar-refractivity contribution in [3.63, 3.8) is 0 Å². The molecule has 37 heavy (non-hydrogen) atoms. The van der Waals surface area contributed by atoms with E-state index in [2.05, 4.69) is 20.6 Å². The number of fused-ring (bicyclic) bond motifs is 2. The molecule has 2 amide bonds. The maximum atomic E-state index is 13.0. The number of carboxylic acid groups (broad SMARTS) is 1. The summed E-state index contributed by atoms with van der Waals surface area (Å²) >= 11 is 0. The third-order valence-corrected chi connectivity index (χ3v) is 6.34. The second kappa shape index (κ2) is 11.5. The van der Waals surface area contributed by atoms with E-state index in [4.69, 9.17) is 10.8 Å². The van der Waals surface area contributed by atoms with Crippen LogP contribution >= 0.6 is 0 Å². The number of aliphatic carboxylic acids is 1. The number of benzene rings is 2. The summed E-state index contributed by atoms with van der Waals surface area (Å²) in [7, 11) is 0. The smallest absolute Gasteiger partial charge is 0.303 e. The van der Waals surface area contributed by atoms with E-state index in [1.54, 1.807) is 12.4 Å². The summed E-state index contributed by atoms with van der Waals surface area (Å²) in [4.78, 5) is 55.1. The zero-order valence-corrected chi connectivity index (χ0v) is 20.1. The Bertz CT molecular complexity index is 1420. The van der Waals surface area contributed by atoms with E-state index in [1.165, 1.54) is 0 Å².